The zero-order chi connectivity index (χ0) is 29.4. The smallest absolute Gasteiger partial charge is 0.392 e. The van der Waals surface area contributed by atoms with Crippen molar-refractivity contribution in [2.45, 2.75) is 51.0 Å². The maximum atomic E-state index is 13.6. The summed E-state index contributed by atoms with van der Waals surface area (Å²) in [4.78, 5) is 26.3. The van der Waals surface area contributed by atoms with Crippen LogP contribution in [-0.4, -0.2) is 31.1 Å². The number of amides is 1. The molecule has 0 atom stereocenters. The van der Waals surface area contributed by atoms with E-state index in [0.717, 1.165) is 28.3 Å². The lowest BCUT2D eigenvalue weighted by atomic mass is 9.79. The fourth-order valence-electron chi connectivity index (χ4n) is 5.04. The number of halogens is 3. The number of alkyl halides is 3. The molecule has 1 fully saturated rings. The van der Waals surface area contributed by atoms with E-state index in [1.807, 2.05) is 13.0 Å². The molecule has 4 N–H and O–H groups in total. The Hall–Kier alpha value is -3.87. The molecule has 2 heterocycles. The number of aromatic nitrogens is 3. The van der Waals surface area contributed by atoms with E-state index in [0.29, 0.717) is 47.6 Å². The second kappa shape index (κ2) is 11.2. The molecule has 0 bridgehead atoms. The maximum absolute atomic E-state index is 13.6. The second-order valence-corrected chi connectivity index (χ2v) is 11.2. The van der Waals surface area contributed by atoms with Gasteiger partial charge >= 0.3 is 6.18 Å². The molecule has 8 nitrogen and oxygen atoms in total. The number of carbonyl (C=O) groups is 1. The number of anilines is 3. The summed E-state index contributed by atoms with van der Waals surface area (Å²) < 4.78 is 40.7. The van der Waals surface area contributed by atoms with Crippen molar-refractivity contribution in [2.24, 2.45) is 11.7 Å². The van der Waals surface area contributed by atoms with Crippen LogP contribution >= 0.6 is 11.3 Å². The van der Waals surface area contributed by atoms with Gasteiger partial charge in [0.1, 0.15) is 16.3 Å². The van der Waals surface area contributed by atoms with Gasteiger partial charge in [-0.25, -0.2) is 15.0 Å². The standard InChI is InChI=1S/C29H28F3N5O3S/c1-17-11-20(23-15-35-26(41-23)28(40)8-5-19(6-9-28)25(33)39)14-22(12-17)37(21-4-2-3-18(13-21)16-38)27-34-10-7-24(36-27)29(30,31)32/h2-4,7,10-15,19,38,40H,5-6,8-9,16H2,1H3,(H2,33,39). The Morgan fingerprint density at radius 2 is 1.88 bits per heavy atom. The number of primary amides is 1. The summed E-state index contributed by atoms with van der Waals surface area (Å²) in [6.45, 7) is 1.61. The molecule has 0 aliphatic heterocycles. The first kappa shape index (κ1) is 28.7. The van der Waals surface area contributed by atoms with Gasteiger partial charge in [-0.05, 0) is 79.6 Å². The van der Waals surface area contributed by atoms with Crippen molar-refractivity contribution in [1.82, 2.24) is 15.0 Å². The predicted molar refractivity (Wildman–Crippen MR) is 149 cm³/mol. The van der Waals surface area contributed by atoms with Crippen LogP contribution in [0.15, 0.2) is 60.9 Å². The molecule has 0 spiro atoms. The highest BCUT2D eigenvalue weighted by atomic mass is 32.1. The van der Waals surface area contributed by atoms with Crippen molar-refractivity contribution in [3.05, 3.63) is 82.8 Å². The van der Waals surface area contributed by atoms with E-state index in [1.54, 1.807) is 42.6 Å². The minimum atomic E-state index is -4.66. The van der Waals surface area contributed by atoms with E-state index in [9.17, 15) is 28.2 Å². The predicted octanol–water partition coefficient (Wildman–Crippen LogP) is 5.75. The van der Waals surface area contributed by atoms with Crippen molar-refractivity contribution in [2.75, 3.05) is 4.90 Å². The number of nitrogens with two attached hydrogens (primary N) is 1. The van der Waals surface area contributed by atoms with Crippen molar-refractivity contribution in [3.63, 3.8) is 0 Å². The van der Waals surface area contributed by atoms with E-state index in [4.69, 9.17) is 5.73 Å². The Bertz CT molecular complexity index is 1570. The van der Waals surface area contributed by atoms with Gasteiger partial charge in [0.15, 0.2) is 0 Å². The van der Waals surface area contributed by atoms with Crippen molar-refractivity contribution in [1.29, 1.82) is 0 Å². The minimum absolute atomic E-state index is 0.183. The van der Waals surface area contributed by atoms with Gasteiger partial charge in [0.25, 0.3) is 0 Å². The van der Waals surface area contributed by atoms with Crippen LogP contribution in [0.2, 0.25) is 0 Å². The molecule has 4 aromatic rings. The molecule has 1 amide bonds. The zero-order valence-corrected chi connectivity index (χ0v) is 22.9. The number of nitrogens with zero attached hydrogens (tertiary/aromatic N) is 4. The molecule has 0 unspecified atom stereocenters. The average Bonchev–Trinajstić information content (AvgIpc) is 3.45. The summed E-state index contributed by atoms with van der Waals surface area (Å²) >= 11 is 1.32. The van der Waals surface area contributed by atoms with Crippen LogP contribution in [0.5, 0.6) is 0 Å². The van der Waals surface area contributed by atoms with Gasteiger partial charge in [-0.15, -0.1) is 11.3 Å². The summed E-state index contributed by atoms with van der Waals surface area (Å²) in [5, 5.41) is 21.5. The number of aliphatic hydroxyl groups excluding tert-OH is 1. The molecule has 1 saturated carbocycles. The van der Waals surface area contributed by atoms with E-state index in [-0.39, 0.29) is 24.4 Å². The van der Waals surface area contributed by atoms with E-state index in [2.05, 4.69) is 15.0 Å². The quantitative estimate of drug-likeness (QED) is 0.253. The largest absolute Gasteiger partial charge is 0.433 e. The van der Waals surface area contributed by atoms with E-state index >= 15 is 0 Å². The molecule has 12 heteroatoms. The topological polar surface area (TPSA) is 125 Å². The zero-order valence-electron chi connectivity index (χ0n) is 22.1. The Balaban J connectivity index is 1.56. The summed E-state index contributed by atoms with van der Waals surface area (Å²) in [5.74, 6) is -0.808. The van der Waals surface area contributed by atoms with Crippen molar-refractivity contribution < 1.29 is 28.2 Å². The Morgan fingerprint density at radius 3 is 2.56 bits per heavy atom. The highest BCUT2D eigenvalue weighted by Gasteiger charge is 2.39. The summed E-state index contributed by atoms with van der Waals surface area (Å²) in [5.41, 5.74) is 6.31. The molecule has 2 aromatic carbocycles. The van der Waals surface area contributed by atoms with Crippen LogP contribution in [0.3, 0.4) is 0 Å². The van der Waals surface area contributed by atoms with Crippen LogP contribution in [0.25, 0.3) is 10.4 Å². The number of rotatable bonds is 7. The normalized spacial score (nSPS) is 19.2. The van der Waals surface area contributed by atoms with E-state index in [1.165, 1.54) is 16.2 Å². The Labute approximate surface area is 238 Å². The lowest BCUT2D eigenvalue weighted by molar-refractivity contribution is -0.141. The van der Waals surface area contributed by atoms with Crippen LogP contribution in [0.1, 0.15) is 47.5 Å². The van der Waals surface area contributed by atoms with Gasteiger partial charge in [-0.1, -0.05) is 18.2 Å². The van der Waals surface area contributed by atoms with Gasteiger partial charge in [0.2, 0.25) is 11.9 Å². The fourth-order valence-corrected chi connectivity index (χ4v) is 6.09. The highest BCUT2D eigenvalue weighted by Crippen LogP contribution is 2.44. The summed E-state index contributed by atoms with van der Waals surface area (Å²) in [6, 6.07) is 13.1. The van der Waals surface area contributed by atoms with Crippen molar-refractivity contribution >= 4 is 34.6 Å². The van der Waals surface area contributed by atoms with Crippen LogP contribution in [0, 0.1) is 12.8 Å². The maximum Gasteiger partial charge on any atom is 0.433 e. The van der Waals surface area contributed by atoms with E-state index < -0.39 is 17.5 Å². The average molecular weight is 584 g/mol. The molecule has 214 valence electrons. The monoisotopic (exact) mass is 583 g/mol. The highest BCUT2D eigenvalue weighted by molar-refractivity contribution is 7.15. The Morgan fingerprint density at radius 1 is 1.12 bits per heavy atom. The number of hydrogen-bond acceptors (Lipinski definition) is 8. The lowest BCUT2D eigenvalue weighted by Crippen LogP contribution is -2.35. The number of carbonyl (C=O) groups excluding carboxylic acids is 1. The molecule has 0 saturated heterocycles. The molecular weight excluding hydrogens is 555 g/mol. The molecule has 1 aliphatic carbocycles. The third kappa shape index (κ3) is 6.09. The fraction of sp³-hybridized carbons (Fsp3) is 0.310. The lowest BCUT2D eigenvalue weighted by Gasteiger charge is -2.33. The number of hydrogen-bond donors (Lipinski definition) is 3. The van der Waals surface area contributed by atoms with Crippen LogP contribution < -0.4 is 10.6 Å². The molecule has 5 rings (SSSR count). The molecular formula is C29H28F3N5O3S. The van der Waals surface area contributed by atoms with Gasteiger partial charge in [-0.3, -0.25) is 9.69 Å². The number of aryl methyl sites for hydroxylation is 1. The summed E-state index contributed by atoms with van der Waals surface area (Å²) in [6.07, 6.45) is -0.239. The van der Waals surface area contributed by atoms with Crippen LogP contribution in [-0.2, 0) is 23.2 Å². The van der Waals surface area contributed by atoms with Gasteiger partial charge in [0.05, 0.1) is 17.2 Å². The first-order chi connectivity index (χ1) is 19.5. The second-order valence-electron chi connectivity index (χ2n) is 10.2. The molecule has 1 aliphatic rings. The minimum Gasteiger partial charge on any atom is -0.392 e. The number of aliphatic hydroxyl groups is 2. The van der Waals surface area contributed by atoms with Gasteiger partial charge in [-0.2, -0.15) is 13.2 Å². The van der Waals surface area contributed by atoms with Crippen molar-refractivity contribution in [3.8, 4) is 10.4 Å². The number of benzene rings is 2. The number of thiazole rings is 1. The third-order valence-electron chi connectivity index (χ3n) is 7.21. The van der Waals surface area contributed by atoms with Gasteiger partial charge < -0.3 is 15.9 Å². The summed E-state index contributed by atoms with van der Waals surface area (Å²) in [7, 11) is 0. The first-order valence-electron chi connectivity index (χ1n) is 13.0. The van der Waals surface area contributed by atoms with Crippen LogP contribution in [0.4, 0.5) is 30.5 Å². The molecule has 2 aromatic heterocycles. The Kier molecular flexibility index (Phi) is 7.82. The SMILES string of the molecule is Cc1cc(-c2cnc(C3(O)CCC(C(N)=O)CC3)s2)cc(N(c2cccc(CO)c2)c2nccc(C(F)(F)F)n2)c1. The third-order valence-corrected chi connectivity index (χ3v) is 8.45. The molecule has 0 radical (unpaired) electrons. The van der Waals surface area contributed by atoms with Gasteiger partial charge in [0, 0.05) is 24.0 Å². The first-order valence-corrected chi connectivity index (χ1v) is 13.8. The molecule has 41 heavy (non-hydrogen) atoms.